The lowest BCUT2D eigenvalue weighted by Gasteiger charge is -2.13. The third-order valence-electron chi connectivity index (χ3n) is 4.86. The van der Waals surface area contributed by atoms with Crippen LogP contribution in [0.15, 0.2) is 24.3 Å². The van der Waals surface area contributed by atoms with Crippen molar-refractivity contribution < 1.29 is 9.53 Å². The van der Waals surface area contributed by atoms with Crippen LogP contribution in [0.1, 0.15) is 43.0 Å². The van der Waals surface area contributed by atoms with Crippen molar-refractivity contribution in [3.05, 3.63) is 35.7 Å². The molecule has 0 unspecified atom stereocenters. The van der Waals surface area contributed by atoms with E-state index in [4.69, 9.17) is 4.74 Å². The molecule has 4 N–H and O–H groups in total. The number of nitrogens with one attached hydrogen (secondary N) is 4. The van der Waals surface area contributed by atoms with Crippen LogP contribution in [-0.4, -0.2) is 40.5 Å². The maximum Gasteiger partial charge on any atom is 0.407 e. The predicted octanol–water partition coefficient (Wildman–Crippen LogP) is 2.40. The number of anilines is 2. The number of fused-ring (bicyclic) bond motifs is 7. The van der Waals surface area contributed by atoms with Crippen LogP contribution in [0.25, 0.3) is 0 Å². The molecule has 26 heavy (non-hydrogen) atoms. The molecule has 2 atom stereocenters. The van der Waals surface area contributed by atoms with Gasteiger partial charge in [0.05, 0.1) is 5.69 Å². The minimum Gasteiger partial charge on any atom is -0.446 e. The Labute approximate surface area is 152 Å². The molecule has 2 aromatic heterocycles. The first-order valence-electron chi connectivity index (χ1n) is 9.20. The highest BCUT2D eigenvalue weighted by molar-refractivity contribution is 5.67. The number of amides is 1. The number of nitrogens with zero attached hydrogens (tertiary/aromatic N) is 2. The number of H-pyrrole nitrogens is 1. The lowest BCUT2D eigenvalue weighted by molar-refractivity contribution is 0.100. The van der Waals surface area contributed by atoms with E-state index in [1.54, 1.807) is 0 Å². The number of carbonyl (C=O) groups excluding carboxylic acids is 1. The van der Waals surface area contributed by atoms with Gasteiger partial charge in [-0.3, -0.25) is 5.10 Å². The Hall–Kier alpha value is -2.61. The maximum absolute atomic E-state index is 11.9. The van der Waals surface area contributed by atoms with Crippen LogP contribution in [0.3, 0.4) is 0 Å². The van der Waals surface area contributed by atoms with Gasteiger partial charge < -0.3 is 20.7 Å². The minimum atomic E-state index is -0.321. The van der Waals surface area contributed by atoms with Crippen LogP contribution in [-0.2, 0) is 11.3 Å². The molecule has 1 saturated carbocycles. The summed E-state index contributed by atoms with van der Waals surface area (Å²) >= 11 is 0. The van der Waals surface area contributed by atoms with Gasteiger partial charge in [-0.2, -0.15) is 5.10 Å². The lowest BCUT2D eigenvalue weighted by atomic mass is 10.0. The Morgan fingerprint density at radius 1 is 1.15 bits per heavy atom. The number of pyridine rings is 1. The molecular formula is C18H24N6O2. The van der Waals surface area contributed by atoms with Crippen LogP contribution in [0.4, 0.5) is 16.4 Å². The second-order valence-corrected chi connectivity index (χ2v) is 6.84. The SMILES string of the molecule is O=C1NCCCNCc2cccc(n2)Nc2cc([nH]n2)[C@H]2CC[C@H](C2)O1. The second-order valence-electron chi connectivity index (χ2n) is 6.84. The molecule has 0 saturated heterocycles. The first-order valence-corrected chi connectivity index (χ1v) is 9.20. The monoisotopic (exact) mass is 356 g/mol. The van der Waals surface area contributed by atoms with E-state index in [2.05, 4.69) is 31.1 Å². The molecule has 6 bridgehead atoms. The van der Waals surface area contributed by atoms with Gasteiger partial charge >= 0.3 is 6.09 Å². The van der Waals surface area contributed by atoms with Gasteiger partial charge in [0.15, 0.2) is 5.82 Å². The second kappa shape index (κ2) is 7.74. The van der Waals surface area contributed by atoms with Crippen molar-refractivity contribution in [3.63, 3.8) is 0 Å². The van der Waals surface area contributed by atoms with Crippen LogP contribution >= 0.6 is 0 Å². The molecule has 8 nitrogen and oxygen atoms in total. The molecule has 138 valence electrons. The average Bonchev–Trinajstić information content (AvgIpc) is 3.27. The summed E-state index contributed by atoms with van der Waals surface area (Å²) in [4.78, 5) is 16.5. The van der Waals surface area contributed by atoms with Gasteiger partial charge in [-0.15, -0.1) is 0 Å². The van der Waals surface area contributed by atoms with Gasteiger partial charge in [0.2, 0.25) is 0 Å². The number of aromatic nitrogens is 3. The van der Waals surface area contributed by atoms with Crippen molar-refractivity contribution in [2.45, 2.75) is 44.2 Å². The number of alkyl carbamates (subject to hydrolysis) is 1. The largest absolute Gasteiger partial charge is 0.446 e. The summed E-state index contributed by atoms with van der Waals surface area (Å²) in [6, 6.07) is 7.92. The molecule has 1 amide bonds. The quantitative estimate of drug-likeness (QED) is 0.578. The van der Waals surface area contributed by atoms with Crippen molar-refractivity contribution in [2.24, 2.45) is 0 Å². The van der Waals surface area contributed by atoms with Gasteiger partial charge in [-0.05, 0) is 44.4 Å². The molecule has 0 radical (unpaired) electrons. The number of carbonyl (C=O) groups is 1. The smallest absolute Gasteiger partial charge is 0.407 e. The van der Waals surface area contributed by atoms with Crippen LogP contribution in [0.2, 0.25) is 0 Å². The maximum atomic E-state index is 11.9. The summed E-state index contributed by atoms with van der Waals surface area (Å²) in [5.74, 6) is 1.86. The highest BCUT2D eigenvalue weighted by atomic mass is 16.6. The molecule has 2 aliphatic rings. The van der Waals surface area contributed by atoms with E-state index in [-0.39, 0.29) is 12.2 Å². The molecule has 2 aromatic rings. The third kappa shape index (κ3) is 4.13. The van der Waals surface area contributed by atoms with Crippen molar-refractivity contribution in [1.29, 1.82) is 0 Å². The zero-order valence-electron chi connectivity index (χ0n) is 14.6. The molecule has 1 fully saturated rings. The molecule has 1 aliphatic carbocycles. The fourth-order valence-electron chi connectivity index (χ4n) is 3.53. The molecule has 3 heterocycles. The fraction of sp³-hybridized carbons (Fsp3) is 0.500. The Kier molecular flexibility index (Phi) is 5.01. The normalized spacial score (nSPS) is 23.9. The van der Waals surface area contributed by atoms with Gasteiger partial charge in [-0.1, -0.05) is 6.07 Å². The van der Waals surface area contributed by atoms with Gasteiger partial charge in [0.1, 0.15) is 11.9 Å². The van der Waals surface area contributed by atoms with E-state index in [9.17, 15) is 4.79 Å². The van der Waals surface area contributed by atoms with E-state index < -0.39 is 0 Å². The van der Waals surface area contributed by atoms with Gasteiger partial charge in [0.25, 0.3) is 0 Å². The Morgan fingerprint density at radius 3 is 3.08 bits per heavy atom. The highest BCUT2D eigenvalue weighted by Crippen LogP contribution is 2.36. The molecule has 0 spiro atoms. The standard InChI is InChI=1S/C18H24N6O2/c25-18-20-8-2-7-19-11-13-3-1-4-16(21-13)22-17-10-15(23-24-17)12-5-6-14(9-12)26-18/h1,3-4,10,12,14,19H,2,5-9,11H2,(H,20,25)(H2,21,22,23,24)/t12-,14+/m0/s1. The zero-order chi connectivity index (χ0) is 17.8. The minimum absolute atomic E-state index is 0.0323. The molecule has 8 heteroatoms. The average molecular weight is 356 g/mol. The summed E-state index contributed by atoms with van der Waals surface area (Å²) in [6.07, 6.45) is 3.17. The number of hydrogen-bond donors (Lipinski definition) is 4. The Bertz CT molecular complexity index is 762. The molecule has 4 rings (SSSR count). The van der Waals surface area contributed by atoms with Gasteiger partial charge in [0, 0.05) is 30.8 Å². The van der Waals surface area contributed by atoms with Crippen molar-refractivity contribution in [2.75, 3.05) is 18.4 Å². The lowest BCUT2D eigenvalue weighted by Crippen LogP contribution is -2.30. The van der Waals surface area contributed by atoms with E-state index in [0.29, 0.717) is 19.0 Å². The van der Waals surface area contributed by atoms with Crippen molar-refractivity contribution in [1.82, 2.24) is 25.8 Å². The van der Waals surface area contributed by atoms with Gasteiger partial charge in [-0.25, -0.2) is 9.78 Å². The van der Waals surface area contributed by atoms with Crippen molar-refractivity contribution in [3.8, 4) is 0 Å². The Balaban J connectivity index is 1.51. The first kappa shape index (κ1) is 16.8. The summed E-state index contributed by atoms with van der Waals surface area (Å²) in [6.45, 7) is 2.07. The highest BCUT2D eigenvalue weighted by Gasteiger charge is 2.29. The Morgan fingerprint density at radius 2 is 2.12 bits per heavy atom. The number of hydrogen-bond acceptors (Lipinski definition) is 6. The third-order valence-corrected chi connectivity index (χ3v) is 4.86. The molecular weight excluding hydrogens is 332 g/mol. The number of ether oxygens (including phenoxy) is 1. The zero-order valence-corrected chi connectivity index (χ0v) is 14.6. The summed E-state index contributed by atoms with van der Waals surface area (Å²) < 4.78 is 5.54. The summed E-state index contributed by atoms with van der Waals surface area (Å²) in [5.41, 5.74) is 2.02. The summed E-state index contributed by atoms with van der Waals surface area (Å²) in [7, 11) is 0. The van der Waals surface area contributed by atoms with Crippen molar-refractivity contribution >= 4 is 17.7 Å². The van der Waals surface area contributed by atoms with Crippen LogP contribution < -0.4 is 16.0 Å². The van der Waals surface area contributed by atoms with E-state index >= 15 is 0 Å². The summed E-state index contributed by atoms with van der Waals surface area (Å²) in [5, 5.41) is 16.9. The fourth-order valence-corrected chi connectivity index (χ4v) is 3.53. The van der Waals surface area contributed by atoms with Crippen LogP contribution in [0, 0.1) is 0 Å². The number of rotatable bonds is 0. The van der Waals surface area contributed by atoms with E-state index in [1.807, 2.05) is 24.3 Å². The van der Waals surface area contributed by atoms with Crippen LogP contribution in [0.5, 0.6) is 0 Å². The molecule has 1 aliphatic heterocycles. The topological polar surface area (TPSA) is 104 Å². The van der Waals surface area contributed by atoms with E-state index in [0.717, 1.165) is 55.3 Å². The number of aromatic amines is 1. The predicted molar refractivity (Wildman–Crippen MR) is 97.3 cm³/mol. The first-order chi connectivity index (χ1) is 12.8. The van der Waals surface area contributed by atoms with E-state index in [1.165, 1.54) is 0 Å². The molecule has 0 aromatic carbocycles.